The maximum Gasteiger partial charge on any atom is 0.225 e. The standard InChI is InChI=1S/C23H21NO2S/c1-3-12-26-18-10-8-16(9-11-18)19-13-21(25)24-22-20(14-27-23(19)22)17-6-4-15(2)5-7-17/h3-11,14,19H,1,12-13H2,2H3,(H,24,25). The third kappa shape index (κ3) is 3.53. The number of fused-ring (bicyclic) bond motifs is 1. The molecule has 1 aliphatic rings. The highest BCUT2D eigenvalue weighted by Gasteiger charge is 2.30. The summed E-state index contributed by atoms with van der Waals surface area (Å²) in [6.45, 7) is 6.23. The van der Waals surface area contributed by atoms with Gasteiger partial charge in [-0.15, -0.1) is 11.3 Å². The van der Waals surface area contributed by atoms with E-state index in [0.717, 1.165) is 28.1 Å². The molecule has 1 amide bonds. The van der Waals surface area contributed by atoms with Crippen LogP contribution in [0.3, 0.4) is 0 Å². The van der Waals surface area contributed by atoms with Crippen LogP contribution in [-0.2, 0) is 4.79 Å². The van der Waals surface area contributed by atoms with E-state index >= 15 is 0 Å². The summed E-state index contributed by atoms with van der Waals surface area (Å²) in [4.78, 5) is 13.6. The smallest absolute Gasteiger partial charge is 0.225 e. The van der Waals surface area contributed by atoms with Gasteiger partial charge in [0.2, 0.25) is 5.91 Å². The number of aryl methyl sites for hydroxylation is 1. The van der Waals surface area contributed by atoms with Gasteiger partial charge in [-0.2, -0.15) is 0 Å². The van der Waals surface area contributed by atoms with Crippen molar-refractivity contribution in [3.05, 3.63) is 82.6 Å². The first-order valence-corrected chi connectivity index (χ1v) is 9.85. The molecule has 3 aromatic rings. The number of carbonyl (C=O) groups excluding carboxylic acids is 1. The zero-order chi connectivity index (χ0) is 18.8. The monoisotopic (exact) mass is 375 g/mol. The molecule has 0 spiro atoms. The van der Waals surface area contributed by atoms with E-state index in [0.29, 0.717) is 13.0 Å². The van der Waals surface area contributed by atoms with Gasteiger partial charge in [0.25, 0.3) is 0 Å². The Labute approximate surface area is 163 Å². The first kappa shape index (κ1) is 17.6. The molecule has 1 aromatic heterocycles. The van der Waals surface area contributed by atoms with Crippen LogP contribution in [-0.4, -0.2) is 12.5 Å². The van der Waals surface area contributed by atoms with E-state index in [1.807, 2.05) is 12.1 Å². The lowest BCUT2D eigenvalue weighted by Crippen LogP contribution is -2.22. The zero-order valence-electron chi connectivity index (χ0n) is 15.2. The number of hydrogen-bond acceptors (Lipinski definition) is 3. The van der Waals surface area contributed by atoms with Crippen molar-refractivity contribution in [1.82, 2.24) is 0 Å². The first-order valence-electron chi connectivity index (χ1n) is 8.97. The number of hydrogen-bond donors (Lipinski definition) is 1. The van der Waals surface area contributed by atoms with Gasteiger partial charge in [0.15, 0.2) is 0 Å². The second-order valence-electron chi connectivity index (χ2n) is 6.73. The second-order valence-corrected chi connectivity index (χ2v) is 7.64. The van der Waals surface area contributed by atoms with Crippen molar-refractivity contribution in [2.75, 3.05) is 11.9 Å². The molecule has 0 saturated heterocycles. The van der Waals surface area contributed by atoms with Crippen LogP contribution in [0.25, 0.3) is 11.1 Å². The van der Waals surface area contributed by atoms with Crippen LogP contribution in [0, 0.1) is 6.92 Å². The number of thiophene rings is 1. The predicted octanol–water partition coefficient (Wildman–Crippen LogP) is 5.76. The largest absolute Gasteiger partial charge is 0.490 e. The summed E-state index contributed by atoms with van der Waals surface area (Å²) >= 11 is 1.71. The molecule has 27 heavy (non-hydrogen) atoms. The summed E-state index contributed by atoms with van der Waals surface area (Å²) in [6.07, 6.45) is 2.19. The molecule has 2 aromatic carbocycles. The van der Waals surface area contributed by atoms with Crippen LogP contribution < -0.4 is 10.1 Å². The summed E-state index contributed by atoms with van der Waals surface area (Å²) in [5.41, 5.74) is 5.54. The maximum absolute atomic E-state index is 12.4. The molecular weight excluding hydrogens is 354 g/mol. The van der Waals surface area contributed by atoms with Crippen LogP contribution in [0.2, 0.25) is 0 Å². The van der Waals surface area contributed by atoms with Crippen LogP contribution in [0.1, 0.15) is 28.3 Å². The number of carbonyl (C=O) groups is 1. The molecule has 136 valence electrons. The quantitative estimate of drug-likeness (QED) is 0.576. The van der Waals surface area contributed by atoms with Crippen molar-refractivity contribution < 1.29 is 9.53 Å². The molecule has 3 nitrogen and oxygen atoms in total. The Balaban J connectivity index is 1.68. The molecule has 0 radical (unpaired) electrons. The van der Waals surface area contributed by atoms with E-state index in [-0.39, 0.29) is 11.8 Å². The van der Waals surface area contributed by atoms with Crippen molar-refractivity contribution in [1.29, 1.82) is 0 Å². The SMILES string of the molecule is C=CCOc1ccc(C2CC(=O)Nc3c(-c4ccc(C)cc4)csc32)cc1. The molecule has 0 bridgehead atoms. The average Bonchev–Trinajstić information content (AvgIpc) is 3.10. The summed E-state index contributed by atoms with van der Waals surface area (Å²) in [6, 6.07) is 16.4. The summed E-state index contributed by atoms with van der Waals surface area (Å²) in [5, 5.41) is 5.24. The Morgan fingerprint density at radius 3 is 2.63 bits per heavy atom. The molecule has 2 heterocycles. The fraction of sp³-hybridized carbons (Fsp3) is 0.174. The fourth-order valence-corrected chi connectivity index (χ4v) is 4.55. The van der Waals surface area contributed by atoms with Crippen LogP contribution in [0.5, 0.6) is 5.75 Å². The molecule has 1 N–H and O–H groups in total. The minimum atomic E-state index is 0.0613. The average molecular weight is 375 g/mol. The lowest BCUT2D eigenvalue weighted by Gasteiger charge is -2.24. The molecule has 4 rings (SSSR count). The molecule has 0 fully saturated rings. The first-order chi connectivity index (χ1) is 13.2. The Hall–Kier alpha value is -2.85. The second kappa shape index (κ2) is 7.41. The van der Waals surface area contributed by atoms with Gasteiger partial charge in [-0.1, -0.05) is 54.6 Å². The number of ether oxygens (including phenoxy) is 1. The van der Waals surface area contributed by atoms with E-state index < -0.39 is 0 Å². The number of nitrogens with one attached hydrogen (secondary N) is 1. The lowest BCUT2D eigenvalue weighted by molar-refractivity contribution is -0.116. The number of amides is 1. The highest BCUT2D eigenvalue weighted by atomic mass is 32.1. The van der Waals surface area contributed by atoms with Gasteiger partial charge >= 0.3 is 0 Å². The van der Waals surface area contributed by atoms with Gasteiger partial charge in [-0.3, -0.25) is 4.79 Å². The van der Waals surface area contributed by atoms with E-state index in [1.54, 1.807) is 17.4 Å². The van der Waals surface area contributed by atoms with Gasteiger partial charge in [0.05, 0.1) is 5.69 Å². The van der Waals surface area contributed by atoms with Gasteiger partial charge < -0.3 is 10.1 Å². The van der Waals surface area contributed by atoms with Gasteiger partial charge in [0.1, 0.15) is 12.4 Å². The van der Waals surface area contributed by atoms with E-state index in [9.17, 15) is 4.79 Å². The topological polar surface area (TPSA) is 38.3 Å². The third-order valence-corrected chi connectivity index (χ3v) is 5.90. The van der Waals surface area contributed by atoms with E-state index in [2.05, 4.69) is 60.6 Å². The third-order valence-electron chi connectivity index (χ3n) is 4.80. The minimum absolute atomic E-state index is 0.0613. The van der Waals surface area contributed by atoms with Crippen LogP contribution in [0.4, 0.5) is 5.69 Å². The summed E-state index contributed by atoms with van der Waals surface area (Å²) < 4.78 is 5.56. The molecule has 1 unspecified atom stereocenters. The molecular formula is C23H21NO2S. The van der Waals surface area contributed by atoms with Crippen molar-refractivity contribution in [2.45, 2.75) is 19.3 Å². The molecule has 4 heteroatoms. The number of benzene rings is 2. The fourth-order valence-electron chi connectivity index (χ4n) is 3.39. The van der Waals surface area contributed by atoms with Crippen molar-refractivity contribution >= 4 is 22.9 Å². The molecule has 0 saturated carbocycles. The number of anilines is 1. The van der Waals surface area contributed by atoms with Crippen molar-refractivity contribution in [3.63, 3.8) is 0 Å². The van der Waals surface area contributed by atoms with E-state index in [4.69, 9.17) is 4.74 Å². The Kier molecular flexibility index (Phi) is 4.82. The predicted molar refractivity (Wildman–Crippen MR) is 112 cm³/mol. The Morgan fingerprint density at radius 1 is 1.19 bits per heavy atom. The summed E-state index contributed by atoms with van der Waals surface area (Å²) in [7, 11) is 0. The normalized spacial score (nSPS) is 15.7. The maximum atomic E-state index is 12.4. The summed E-state index contributed by atoms with van der Waals surface area (Å²) in [5.74, 6) is 0.948. The van der Waals surface area contributed by atoms with Crippen LogP contribution >= 0.6 is 11.3 Å². The van der Waals surface area contributed by atoms with Crippen LogP contribution in [0.15, 0.2) is 66.6 Å². The lowest BCUT2D eigenvalue weighted by atomic mass is 9.89. The van der Waals surface area contributed by atoms with Crippen molar-refractivity contribution in [2.24, 2.45) is 0 Å². The minimum Gasteiger partial charge on any atom is -0.490 e. The molecule has 0 aliphatic carbocycles. The molecule has 1 atom stereocenters. The van der Waals surface area contributed by atoms with Gasteiger partial charge in [0, 0.05) is 28.2 Å². The zero-order valence-corrected chi connectivity index (χ0v) is 16.0. The van der Waals surface area contributed by atoms with Crippen molar-refractivity contribution in [3.8, 4) is 16.9 Å². The molecule has 1 aliphatic heterocycles. The Morgan fingerprint density at radius 2 is 1.93 bits per heavy atom. The highest BCUT2D eigenvalue weighted by molar-refractivity contribution is 7.11. The highest BCUT2D eigenvalue weighted by Crippen LogP contribution is 2.46. The van der Waals surface area contributed by atoms with E-state index in [1.165, 1.54) is 10.4 Å². The number of rotatable bonds is 5. The Bertz CT molecular complexity index is 971. The van der Waals surface area contributed by atoms with Gasteiger partial charge in [-0.05, 0) is 30.2 Å². The van der Waals surface area contributed by atoms with Gasteiger partial charge in [-0.25, -0.2) is 0 Å².